The number of hydrogen-bond donors (Lipinski definition) is 2. The molecule has 0 aliphatic carbocycles. The molecule has 2 aromatic heterocycles. The van der Waals surface area contributed by atoms with Gasteiger partial charge in [-0.15, -0.1) is 0 Å². The van der Waals surface area contributed by atoms with Crippen molar-refractivity contribution in [3.8, 4) is 0 Å². The van der Waals surface area contributed by atoms with Gasteiger partial charge < -0.3 is 9.73 Å². The first-order valence-corrected chi connectivity index (χ1v) is 6.31. The second-order valence-corrected chi connectivity index (χ2v) is 4.67. The summed E-state index contributed by atoms with van der Waals surface area (Å²) in [6.45, 7) is 3.75. The number of carbonyl (C=O) groups excluding carboxylic acids is 1. The third kappa shape index (κ3) is 2.27. The molecular formula is C14H14N4O2. The second kappa shape index (κ2) is 4.80. The summed E-state index contributed by atoms with van der Waals surface area (Å²) in [5.41, 5.74) is 1.94. The van der Waals surface area contributed by atoms with Gasteiger partial charge in [0, 0.05) is 5.56 Å². The summed E-state index contributed by atoms with van der Waals surface area (Å²) in [7, 11) is 0. The van der Waals surface area contributed by atoms with Crippen molar-refractivity contribution in [1.82, 2.24) is 20.7 Å². The van der Waals surface area contributed by atoms with Crippen LogP contribution in [-0.2, 0) is 0 Å². The summed E-state index contributed by atoms with van der Waals surface area (Å²) in [6, 6.07) is 8.73. The molecule has 0 spiro atoms. The van der Waals surface area contributed by atoms with Crippen LogP contribution in [0, 0.1) is 6.92 Å². The van der Waals surface area contributed by atoms with E-state index in [1.165, 1.54) is 0 Å². The van der Waals surface area contributed by atoms with E-state index in [4.69, 9.17) is 4.42 Å². The molecule has 0 unspecified atom stereocenters. The van der Waals surface area contributed by atoms with Crippen molar-refractivity contribution in [1.29, 1.82) is 0 Å². The average Bonchev–Trinajstić information content (AvgIpc) is 3.05. The molecule has 1 amide bonds. The maximum atomic E-state index is 12.2. The Bertz CT molecular complexity index is 759. The van der Waals surface area contributed by atoms with Crippen molar-refractivity contribution >= 4 is 16.9 Å². The minimum absolute atomic E-state index is 0.170. The number of aryl methyl sites for hydroxylation is 1. The minimum Gasteiger partial charge on any atom is -0.464 e. The van der Waals surface area contributed by atoms with Crippen molar-refractivity contribution < 1.29 is 9.21 Å². The molecule has 3 rings (SSSR count). The maximum Gasteiger partial charge on any atom is 0.251 e. The number of hydrogen-bond acceptors (Lipinski definition) is 4. The highest BCUT2D eigenvalue weighted by molar-refractivity contribution is 5.97. The molecule has 0 radical (unpaired) electrons. The zero-order valence-corrected chi connectivity index (χ0v) is 11.2. The molecule has 0 aliphatic rings. The maximum absolute atomic E-state index is 12.2. The van der Waals surface area contributed by atoms with Crippen LogP contribution >= 0.6 is 0 Å². The lowest BCUT2D eigenvalue weighted by Crippen LogP contribution is -2.26. The molecule has 0 saturated carbocycles. The fourth-order valence-corrected chi connectivity index (χ4v) is 2.02. The van der Waals surface area contributed by atoms with Crippen molar-refractivity contribution in [3.05, 3.63) is 47.4 Å². The van der Waals surface area contributed by atoms with E-state index >= 15 is 0 Å². The zero-order valence-electron chi connectivity index (χ0n) is 11.2. The molecule has 6 heteroatoms. The van der Waals surface area contributed by atoms with E-state index in [9.17, 15) is 4.79 Å². The van der Waals surface area contributed by atoms with E-state index in [0.29, 0.717) is 11.1 Å². The number of amides is 1. The van der Waals surface area contributed by atoms with E-state index in [0.717, 1.165) is 17.0 Å². The standard InChI is InChI=1S/C14H14N4O2/c1-8-3-6-13(20-8)9(2)15-14(19)10-4-5-11-12(7-10)17-18-16-11/h3-7,9H,1-2H3,(H,15,19)(H,16,17,18)/t9-/m1/s1. The molecule has 2 N–H and O–H groups in total. The monoisotopic (exact) mass is 270 g/mol. The van der Waals surface area contributed by atoms with Gasteiger partial charge in [-0.25, -0.2) is 0 Å². The summed E-state index contributed by atoms with van der Waals surface area (Å²) >= 11 is 0. The molecule has 0 fully saturated rings. The van der Waals surface area contributed by atoms with Gasteiger partial charge in [-0.3, -0.25) is 4.79 Å². The Morgan fingerprint density at radius 3 is 2.80 bits per heavy atom. The fraction of sp³-hybridized carbons (Fsp3) is 0.214. The van der Waals surface area contributed by atoms with Gasteiger partial charge in [0.1, 0.15) is 22.6 Å². The molecular weight excluding hydrogens is 256 g/mol. The highest BCUT2D eigenvalue weighted by Crippen LogP contribution is 2.17. The lowest BCUT2D eigenvalue weighted by Gasteiger charge is -2.11. The SMILES string of the molecule is Cc1ccc([C@@H](C)NC(=O)c2ccc3n[nH]nc3c2)o1. The van der Waals surface area contributed by atoms with Crippen LogP contribution in [0.3, 0.4) is 0 Å². The van der Waals surface area contributed by atoms with Crippen LogP contribution in [0.1, 0.15) is 34.8 Å². The summed E-state index contributed by atoms with van der Waals surface area (Å²) in [5.74, 6) is 1.39. The number of nitrogens with one attached hydrogen (secondary N) is 2. The van der Waals surface area contributed by atoms with Crippen LogP contribution in [0.2, 0.25) is 0 Å². The van der Waals surface area contributed by atoms with E-state index in [-0.39, 0.29) is 11.9 Å². The van der Waals surface area contributed by atoms with Crippen molar-refractivity contribution in [2.45, 2.75) is 19.9 Å². The largest absolute Gasteiger partial charge is 0.464 e. The molecule has 3 aromatic rings. The topological polar surface area (TPSA) is 83.8 Å². The molecule has 6 nitrogen and oxygen atoms in total. The van der Waals surface area contributed by atoms with Gasteiger partial charge in [-0.2, -0.15) is 15.4 Å². The molecule has 1 atom stereocenters. The van der Waals surface area contributed by atoms with Gasteiger partial charge in [0.2, 0.25) is 0 Å². The van der Waals surface area contributed by atoms with Gasteiger partial charge in [0.05, 0.1) is 6.04 Å². The van der Waals surface area contributed by atoms with Crippen LogP contribution < -0.4 is 5.32 Å². The number of benzene rings is 1. The van der Waals surface area contributed by atoms with Crippen LogP contribution in [0.5, 0.6) is 0 Å². The summed E-state index contributed by atoms with van der Waals surface area (Å²) < 4.78 is 5.50. The number of aromatic amines is 1. The third-order valence-electron chi connectivity index (χ3n) is 3.11. The lowest BCUT2D eigenvalue weighted by atomic mass is 10.1. The fourth-order valence-electron chi connectivity index (χ4n) is 2.02. The number of nitrogens with zero attached hydrogens (tertiary/aromatic N) is 2. The van der Waals surface area contributed by atoms with Crippen molar-refractivity contribution in [3.63, 3.8) is 0 Å². The Labute approximate surface area is 115 Å². The average molecular weight is 270 g/mol. The highest BCUT2D eigenvalue weighted by Gasteiger charge is 2.14. The number of rotatable bonds is 3. The molecule has 0 bridgehead atoms. The Morgan fingerprint density at radius 2 is 2.05 bits per heavy atom. The van der Waals surface area contributed by atoms with Gasteiger partial charge in [-0.1, -0.05) is 0 Å². The van der Waals surface area contributed by atoms with E-state index in [2.05, 4.69) is 20.7 Å². The first kappa shape index (κ1) is 12.4. The van der Waals surface area contributed by atoms with E-state index in [1.54, 1.807) is 18.2 Å². The van der Waals surface area contributed by atoms with Gasteiger partial charge in [0.15, 0.2) is 0 Å². The van der Waals surface area contributed by atoms with Crippen LogP contribution in [0.4, 0.5) is 0 Å². The normalized spacial score (nSPS) is 12.5. The number of H-pyrrole nitrogens is 1. The van der Waals surface area contributed by atoms with Gasteiger partial charge in [0.25, 0.3) is 5.91 Å². The van der Waals surface area contributed by atoms with Crippen molar-refractivity contribution in [2.24, 2.45) is 0 Å². The smallest absolute Gasteiger partial charge is 0.251 e. The number of aromatic nitrogens is 3. The van der Waals surface area contributed by atoms with Crippen molar-refractivity contribution in [2.75, 3.05) is 0 Å². The molecule has 20 heavy (non-hydrogen) atoms. The summed E-state index contributed by atoms with van der Waals surface area (Å²) in [4.78, 5) is 12.2. The molecule has 0 aliphatic heterocycles. The Balaban J connectivity index is 1.78. The summed E-state index contributed by atoms with van der Waals surface area (Å²) in [6.07, 6.45) is 0. The second-order valence-electron chi connectivity index (χ2n) is 4.67. The first-order valence-electron chi connectivity index (χ1n) is 6.31. The molecule has 102 valence electrons. The molecule has 2 heterocycles. The predicted octanol–water partition coefficient (Wildman–Crippen LogP) is 2.35. The first-order chi connectivity index (χ1) is 9.63. The van der Waals surface area contributed by atoms with E-state index in [1.807, 2.05) is 26.0 Å². The van der Waals surface area contributed by atoms with Crippen LogP contribution in [-0.4, -0.2) is 21.3 Å². The third-order valence-corrected chi connectivity index (χ3v) is 3.11. The highest BCUT2D eigenvalue weighted by atomic mass is 16.3. The zero-order chi connectivity index (χ0) is 14.1. The Hall–Kier alpha value is -2.63. The summed E-state index contributed by atoms with van der Waals surface area (Å²) in [5, 5.41) is 13.3. The minimum atomic E-state index is -0.191. The number of carbonyl (C=O) groups is 1. The Morgan fingerprint density at radius 1 is 1.25 bits per heavy atom. The van der Waals surface area contributed by atoms with Gasteiger partial charge >= 0.3 is 0 Å². The lowest BCUT2D eigenvalue weighted by molar-refractivity contribution is 0.0935. The Kier molecular flexibility index (Phi) is 2.98. The number of fused-ring (bicyclic) bond motifs is 1. The van der Waals surface area contributed by atoms with Crippen LogP contribution in [0.25, 0.3) is 11.0 Å². The van der Waals surface area contributed by atoms with Crippen LogP contribution in [0.15, 0.2) is 34.7 Å². The predicted molar refractivity (Wildman–Crippen MR) is 73.2 cm³/mol. The molecule has 0 saturated heterocycles. The number of furan rings is 1. The van der Waals surface area contributed by atoms with E-state index < -0.39 is 0 Å². The molecule has 1 aromatic carbocycles. The van der Waals surface area contributed by atoms with Gasteiger partial charge in [-0.05, 0) is 44.2 Å². The quantitative estimate of drug-likeness (QED) is 0.765.